The van der Waals surface area contributed by atoms with Gasteiger partial charge in [0.25, 0.3) is 0 Å². The molecule has 0 bridgehead atoms. The minimum Gasteiger partial charge on any atom is -0.378 e. The van der Waals surface area contributed by atoms with Crippen molar-refractivity contribution in [2.45, 2.75) is 32.4 Å². The smallest absolute Gasteiger partial charge is 0.242 e. The van der Waals surface area contributed by atoms with Crippen LogP contribution in [0.4, 0.5) is 0 Å². The molecule has 1 unspecified atom stereocenters. The average Bonchev–Trinajstić information content (AvgIpc) is 3.17. The first-order chi connectivity index (χ1) is 15.1. The van der Waals surface area contributed by atoms with Crippen molar-refractivity contribution in [1.29, 1.82) is 0 Å². The zero-order valence-electron chi connectivity index (χ0n) is 17.8. The third kappa shape index (κ3) is 5.11. The summed E-state index contributed by atoms with van der Waals surface area (Å²) in [5.74, 6) is 0.695. The Labute approximate surface area is 182 Å². The largest absolute Gasteiger partial charge is 0.378 e. The molecular formula is C24H28N4O3. The van der Waals surface area contributed by atoms with Gasteiger partial charge in [-0.3, -0.25) is 9.59 Å². The fourth-order valence-electron chi connectivity index (χ4n) is 3.92. The number of aromatic nitrogens is 2. The second-order valence-electron chi connectivity index (χ2n) is 7.81. The summed E-state index contributed by atoms with van der Waals surface area (Å²) >= 11 is 0. The Hall–Kier alpha value is -3.19. The Kier molecular flexibility index (Phi) is 6.62. The van der Waals surface area contributed by atoms with Crippen molar-refractivity contribution < 1.29 is 14.3 Å². The normalized spacial score (nSPS) is 15.1. The van der Waals surface area contributed by atoms with Crippen LogP contribution < -0.4 is 5.32 Å². The number of carbonyl (C=O) groups is 2. The fraction of sp³-hybridized carbons (Fsp3) is 0.375. The van der Waals surface area contributed by atoms with Gasteiger partial charge in [-0.15, -0.1) is 0 Å². The Morgan fingerprint density at radius 3 is 2.55 bits per heavy atom. The molecule has 7 heteroatoms. The Morgan fingerprint density at radius 2 is 1.77 bits per heavy atom. The van der Waals surface area contributed by atoms with Crippen LogP contribution in [0.3, 0.4) is 0 Å². The summed E-state index contributed by atoms with van der Waals surface area (Å²) in [6, 6.07) is 17.4. The zero-order valence-corrected chi connectivity index (χ0v) is 17.8. The summed E-state index contributed by atoms with van der Waals surface area (Å²) < 4.78 is 7.28. The number of hydrogen-bond acceptors (Lipinski definition) is 4. The van der Waals surface area contributed by atoms with Crippen LogP contribution >= 0.6 is 0 Å². The van der Waals surface area contributed by atoms with Crippen LogP contribution in [0.5, 0.6) is 0 Å². The first kappa shape index (κ1) is 21.1. The van der Waals surface area contributed by atoms with E-state index in [9.17, 15) is 9.59 Å². The van der Waals surface area contributed by atoms with E-state index in [-0.39, 0.29) is 24.4 Å². The Bertz CT molecular complexity index is 1040. The highest BCUT2D eigenvalue weighted by molar-refractivity contribution is 5.82. The van der Waals surface area contributed by atoms with E-state index in [2.05, 4.69) is 5.32 Å². The quantitative estimate of drug-likeness (QED) is 0.638. The number of nitrogens with zero attached hydrogens (tertiary/aromatic N) is 3. The molecule has 0 saturated carbocycles. The minimum atomic E-state index is -0.312. The molecule has 1 aliphatic heterocycles. The molecule has 0 spiro atoms. The summed E-state index contributed by atoms with van der Waals surface area (Å²) in [5, 5.41) is 3.05. The van der Waals surface area contributed by atoms with Gasteiger partial charge in [-0.25, -0.2) is 4.98 Å². The van der Waals surface area contributed by atoms with Gasteiger partial charge >= 0.3 is 0 Å². The maximum atomic E-state index is 12.9. The van der Waals surface area contributed by atoms with Crippen LogP contribution in [0.25, 0.3) is 11.0 Å². The van der Waals surface area contributed by atoms with E-state index in [1.807, 2.05) is 71.0 Å². The second-order valence-corrected chi connectivity index (χ2v) is 7.81. The summed E-state index contributed by atoms with van der Waals surface area (Å²) in [5.41, 5.74) is 2.84. The van der Waals surface area contributed by atoms with Gasteiger partial charge in [-0.05, 0) is 31.0 Å². The van der Waals surface area contributed by atoms with E-state index in [1.54, 1.807) is 0 Å². The lowest BCUT2D eigenvalue weighted by molar-refractivity contribution is -0.135. The van der Waals surface area contributed by atoms with Crippen LogP contribution in [-0.2, 0) is 27.3 Å². The Balaban J connectivity index is 1.48. The van der Waals surface area contributed by atoms with Gasteiger partial charge in [-0.1, -0.05) is 42.5 Å². The standard InChI is InChI=1S/C24H28N4O3/c1-18(25-22(29)12-11-19-7-3-2-4-8-19)24-26-20-9-5-6-10-21(20)28(24)17-23(30)27-13-15-31-16-14-27/h2-10,18H,11-17H2,1H3,(H,25,29). The second kappa shape index (κ2) is 9.75. The Morgan fingerprint density at radius 1 is 1.06 bits per heavy atom. The van der Waals surface area contributed by atoms with E-state index in [4.69, 9.17) is 9.72 Å². The van der Waals surface area contributed by atoms with Gasteiger partial charge in [0.1, 0.15) is 12.4 Å². The maximum absolute atomic E-state index is 12.9. The highest BCUT2D eigenvalue weighted by Crippen LogP contribution is 2.21. The monoisotopic (exact) mass is 420 g/mol. The fourth-order valence-corrected chi connectivity index (χ4v) is 3.92. The van der Waals surface area contributed by atoms with E-state index in [1.165, 1.54) is 0 Å². The van der Waals surface area contributed by atoms with Crippen LogP contribution in [0, 0.1) is 0 Å². The molecule has 31 heavy (non-hydrogen) atoms. The molecule has 0 radical (unpaired) electrons. The topological polar surface area (TPSA) is 76.5 Å². The molecule has 2 amide bonds. The van der Waals surface area contributed by atoms with Gasteiger partial charge < -0.3 is 19.5 Å². The molecule has 4 rings (SSSR count). The third-order valence-corrected chi connectivity index (χ3v) is 5.59. The number of nitrogens with one attached hydrogen (secondary N) is 1. The molecule has 1 saturated heterocycles. The number of amides is 2. The van der Waals surface area contributed by atoms with Gasteiger partial charge in [0, 0.05) is 19.5 Å². The van der Waals surface area contributed by atoms with Crippen molar-refractivity contribution in [3.8, 4) is 0 Å². The van der Waals surface area contributed by atoms with Gasteiger partial charge in [0.15, 0.2) is 0 Å². The summed E-state index contributed by atoms with van der Waals surface area (Å²) in [4.78, 5) is 32.0. The average molecular weight is 421 g/mol. The van der Waals surface area contributed by atoms with Crippen molar-refractivity contribution in [3.63, 3.8) is 0 Å². The number of hydrogen-bond donors (Lipinski definition) is 1. The molecule has 1 aliphatic rings. The molecule has 1 fully saturated rings. The molecule has 7 nitrogen and oxygen atoms in total. The zero-order chi connectivity index (χ0) is 21.6. The number of para-hydroxylation sites is 2. The van der Waals surface area contributed by atoms with Crippen LogP contribution in [0.1, 0.15) is 30.8 Å². The number of carbonyl (C=O) groups excluding carboxylic acids is 2. The number of benzene rings is 2. The molecule has 0 aliphatic carbocycles. The number of rotatable bonds is 7. The van der Waals surface area contributed by atoms with Crippen molar-refractivity contribution in [2.75, 3.05) is 26.3 Å². The molecule has 1 aromatic heterocycles. The van der Waals surface area contributed by atoms with Gasteiger partial charge in [0.2, 0.25) is 11.8 Å². The van der Waals surface area contributed by atoms with E-state index in [0.717, 1.165) is 16.6 Å². The van der Waals surface area contributed by atoms with Crippen LogP contribution in [0.2, 0.25) is 0 Å². The number of fused-ring (bicyclic) bond motifs is 1. The highest BCUT2D eigenvalue weighted by Gasteiger charge is 2.23. The lowest BCUT2D eigenvalue weighted by Crippen LogP contribution is -2.42. The molecule has 1 N–H and O–H groups in total. The van der Waals surface area contributed by atoms with Crippen LogP contribution in [-0.4, -0.2) is 52.6 Å². The van der Waals surface area contributed by atoms with Gasteiger partial charge in [-0.2, -0.15) is 0 Å². The SMILES string of the molecule is CC(NC(=O)CCc1ccccc1)c1nc2ccccc2n1CC(=O)N1CCOCC1. The lowest BCUT2D eigenvalue weighted by atomic mass is 10.1. The summed E-state index contributed by atoms with van der Waals surface area (Å²) in [6.07, 6.45) is 1.09. The predicted molar refractivity (Wildman–Crippen MR) is 118 cm³/mol. The van der Waals surface area contributed by atoms with Gasteiger partial charge in [0.05, 0.1) is 30.3 Å². The highest BCUT2D eigenvalue weighted by atomic mass is 16.5. The first-order valence-corrected chi connectivity index (χ1v) is 10.8. The van der Waals surface area contributed by atoms with Crippen molar-refractivity contribution >= 4 is 22.8 Å². The molecule has 162 valence electrons. The molecule has 2 aromatic carbocycles. The third-order valence-electron chi connectivity index (χ3n) is 5.59. The maximum Gasteiger partial charge on any atom is 0.242 e. The number of morpholine rings is 1. The van der Waals surface area contributed by atoms with E-state index < -0.39 is 0 Å². The molecule has 3 aromatic rings. The van der Waals surface area contributed by atoms with E-state index >= 15 is 0 Å². The summed E-state index contributed by atoms with van der Waals surface area (Å²) in [7, 11) is 0. The summed E-state index contributed by atoms with van der Waals surface area (Å²) in [6.45, 7) is 4.45. The lowest BCUT2D eigenvalue weighted by Gasteiger charge is -2.27. The molecular weight excluding hydrogens is 392 g/mol. The van der Waals surface area contributed by atoms with Crippen LogP contribution in [0.15, 0.2) is 54.6 Å². The van der Waals surface area contributed by atoms with Crippen molar-refractivity contribution in [2.24, 2.45) is 0 Å². The molecule has 2 heterocycles. The van der Waals surface area contributed by atoms with Crippen molar-refractivity contribution in [1.82, 2.24) is 19.8 Å². The van der Waals surface area contributed by atoms with E-state index in [0.29, 0.717) is 45.0 Å². The minimum absolute atomic E-state index is 0.0329. The first-order valence-electron chi connectivity index (χ1n) is 10.8. The number of ether oxygens (including phenoxy) is 1. The molecule has 1 atom stereocenters. The van der Waals surface area contributed by atoms with Crippen molar-refractivity contribution in [3.05, 3.63) is 66.0 Å². The predicted octanol–water partition coefficient (Wildman–Crippen LogP) is 2.71. The number of imidazole rings is 1. The number of aryl methyl sites for hydroxylation is 1.